The molecule has 1 aromatic heterocycles. The van der Waals surface area contributed by atoms with Gasteiger partial charge in [0.1, 0.15) is 11.8 Å². The van der Waals surface area contributed by atoms with Crippen molar-refractivity contribution in [1.82, 2.24) is 10.3 Å². The Balaban J connectivity index is 1.54. The molecule has 0 aliphatic carbocycles. The van der Waals surface area contributed by atoms with Crippen LogP contribution >= 0.6 is 0 Å². The molecule has 1 saturated heterocycles. The molecule has 7 nitrogen and oxygen atoms in total. The van der Waals surface area contributed by atoms with Crippen molar-refractivity contribution in [2.45, 2.75) is 45.1 Å². The van der Waals surface area contributed by atoms with Gasteiger partial charge < -0.3 is 16.0 Å². The summed E-state index contributed by atoms with van der Waals surface area (Å²) in [5, 5.41) is 17.9. The number of nitriles is 1. The maximum absolute atomic E-state index is 12.9. The summed E-state index contributed by atoms with van der Waals surface area (Å²) in [5.41, 5.74) is 3.20. The summed E-state index contributed by atoms with van der Waals surface area (Å²) < 4.78 is 0. The summed E-state index contributed by atoms with van der Waals surface area (Å²) in [6, 6.07) is 10.8. The molecule has 2 amide bonds. The molecule has 1 aromatic carbocycles. The Kier molecular flexibility index (Phi) is 4.83. The van der Waals surface area contributed by atoms with Gasteiger partial charge in [0, 0.05) is 12.2 Å². The van der Waals surface area contributed by atoms with Crippen molar-refractivity contribution in [3.63, 3.8) is 0 Å². The van der Waals surface area contributed by atoms with E-state index in [1.54, 1.807) is 12.1 Å². The lowest BCUT2D eigenvalue weighted by atomic mass is 9.78. The van der Waals surface area contributed by atoms with Gasteiger partial charge in [-0.05, 0) is 47.6 Å². The third-order valence-corrected chi connectivity index (χ3v) is 5.68. The number of aromatic nitrogens is 1. The van der Waals surface area contributed by atoms with Gasteiger partial charge in [-0.2, -0.15) is 5.26 Å². The van der Waals surface area contributed by atoms with Crippen molar-refractivity contribution in [1.29, 1.82) is 5.26 Å². The molecule has 30 heavy (non-hydrogen) atoms. The van der Waals surface area contributed by atoms with E-state index in [0.29, 0.717) is 18.7 Å². The highest BCUT2D eigenvalue weighted by Crippen LogP contribution is 2.44. The van der Waals surface area contributed by atoms with Crippen LogP contribution in [0.3, 0.4) is 0 Å². The lowest BCUT2D eigenvalue weighted by Gasteiger charge is -2.23. The fourth-order valence-corrected chi connectivity index (χ4v) is 4.30. The van der Waals surface area contributed by atoms with Gasteiger partial charge in [0.05, 0.1) is 23.3 Å². The number of nitrogens with one attached hydrogen (secondary N) is 3. The average molecular weight is 403 g/mol. The SMILES string of the molecule is CC(C)(C)Cc1ccc2c(c1)C1(CNC(C(=O)Nc3ccc(C#N)nc3)C1)C(=O)N2. The zero-order valence-corrected chi connectivity index (χ0v) is 17.4. The van der Waals surface area contributed by atoms with E-state index in [-0.39, 0.29) is 22.9 Å². The molecule has 7 heteroatoms. The largest absolute Gasteiger partial charge is 0.325 e. The normalized spacial score (nSPS) is 22.5. The van der Waals surface area contributed by atoms with E-state index >= 15 is 0 Å². The van der Waals surface area contributed by atoms with Gasteiger partial charge in [-0.3, -0.25) is 9.59 Å². The molecule has 2 aliphatic heterocycles. The van der Waals surface area contributed by atoms with Crippen LogP contribution in [0.25, 0.3) is 0 Å². The summed E-state index contributed by atoms with van der Waals surface area (Å²) in [7, 11) is 0. The summed E-state index contributed by atoms with van der Waals surface area (Å²) in [6.45, 7) is 6.98. The van der Waals surface area contributed by atoms with Crippen LogP contribution in [0, 0.1) is 16.7 Å². The first-order valence-electron chi connectivity index (χ1n) is 10.1. The van der Waals surface area contributed by atoms with E-state index in [9.17, 15) is 9.59 Å². The topological polar surface area (TPSA) is 107 Å². The van der Waals surface area contributed by atoms with Gasteiger partial charge in [-0.1, -0.05) is 32.9 Å². The number of carbonyl (C=O) groups excluding carboxylic acids is 2. The van der Waals surface area contributed by atoms with E-state index in [4.69, 9.17) is 5.26 Å². The van der Waals surface area contributed by atoms with E-state index < -0.39 is 11.5 Å². The molecule has 1 spiro atoms. The average Bonchev–Trinajstić information content (AvgIpc) is 3.25. The Labute approximate surface area is 175 Å². The number of pyridine rings is 1. The number of hydrogen-bond acceptors (Lipinski definition) is 5. The fraction of sp³-hybridized carbons (Fsp3) is 0.391. The maximum atomic E-state index is 12.9. The number of hydrogen-bond donors (Lipinski definition) is 3. The molecule has 154 valence electrons. The van der Waals surface area contributed by atoms with Crippen molar-refractivity contribution < 1.29 is 9.59 Å². The van der Waals surface area contributed by atoms with Crippen LogP contribution in [-0.4, -0.2) is 29.4 Å². The van der Waals surface area contributed by atoms with E-state index in [1.165, 1.54) is 11.8 Å². The molecule has 0 bridgehead atoms. The summed E-state index contributed by atoms with van der Waals surface area (Å²) in [4.78, 5) is 29.7. The second kappa shape index (κ2) is 7.22. The molecule has 4 rings (SSSR count). The molecule has 1 fully saturated rings. The second-order valence-corrected chi connectivity index (χ2v) is 9.32. The van der Waals surface area contributed by atoms with E-state index in [2.05, 4.69) is 53.8 Å². The lowest BCUT2D eigenvalue weighted by molar-refractivity contribution is -0.120. The van der Waals surface area contributed by atoms with Gasteiger partial charge >= 0.3 is 0 Å². The minimum absolute atomic E-state index is 0.0618. The van der Waals surface area contributed by atoms with Crippen LogP contribution in [-0.2, 0) is 21.4 Å². The number of nitrogens with zero attached hydrogens (tertiary/aromatic N) is 2. The predicted octanol–water partition coefficient (Wildman–Crippen LogP) is 2.73. The molecule has 2 aromatic rings. The van der Waals surface area contributed by atoms with Crippen LogP contribution in [0.15, 0.2) is 36.5 Å². The summed E-state index contributed by atoms with van der Waals surface area (Å²) in [6.07, 6.45) is 2.76. The third-order valence-electron chi connectivity index (χ3n) is 5.68. The predicted molar refractivity (Wildman–Crippen MR) is 114 cm³/mol. The zero-order chi connectivity index (χ0) is 21.5. The monoisotopic (exact) mass is 403 g/mol. The molecular formula is C23H25N5O2. The molecule has 2 atom stereocenters. The Morgan fingerprint density at radius 3 is 2.80 bits per heavy atom. The minimum Gasteiger partial charge on any atom is -0.325 e. The summed E-state index contributed by atoms with van der Waals surface area (Å²) in [5.74, 6) is -0.279. The van der Waals surface area contributed by atoms with Crippen molar-refractivity contribution in [2.24, 2.45) is 5.41 Å². The van der Waals surface area contributed by atoms with Gasteiger partial charge in [0.25, 0.3) is 0 Å². The van der Waals surface area contributed by atoms with E-state index in [0.717, 1.165) is 17.7 Å². The molecule has 3 heterocycles. The zero-order valence-electron chi connectivity index (χ0n) is 17.4. The first kappa shape index (κ1) is 20.0. The third kappa shape index (κ3) is 3.66. The number of fused-ring (bicyclic) bond motifs is 2. The minimum atomic E-state index is -0.742. The van der Waals surface area contributed by atoms with Crippen molar-refractivity contribution in [3.05, 3.63) is 53.3 Å². The van der Waals surface area contributed by atoms with Crippen molar-refractivity contribution in [2.75, 3.05) is 17.2 Å². The molecular weight excluding hydrogens is 378 g/mol. The van der Waals surface area contributed by atoms with Crippen LogP contribution < -0.4 is 16.0 Å². The van der Waals surface area contributed by atoms with Gasteiger partial charge in [-0.15, -0.1) is 0 Å². The Hall–Kier alpha value is -3.24. The standard InChI is InChI=1S/C23H25N5O2/c1-22(2,3)9-14-4-7-18-17(8-14)23(21(30)28-18)10-19(26-13-23)20(29)27-16-6-5-15(11-24)25-12-16/h4-8,12,19,26H,9-10,13H2,1-3H3,(H,27,29)(H,28,30). The van der Waals surface area contributed by atoms with Gasteiger partial charge in [0.2, 0.25) is 11.8 Å². The van der Waals surface area contributed by atoms with Crippen LogP contribution in [0.1, 0.15) is 44.0 Å². The highest BCUT2D eigenvalue weighted by atomic mass is 16.2. The summed E-state index contributed by atoms with van der Waals surface area (Å²) >= 11 is 0. The first-order chi connectivity index (χ1) is 14.2. The van der Waals surface area contributed by atoms with Crippen LogP contribution in [0.4, 0.5) is 11.4 Å². The maximum Gasteiger partial charge on any atom is 0.241 e. The highest BCUT2D eigenvalue weighted by Gasteiger charge is 2.53. The molecule has 3 N–H and O–H groups in total. The molecule has 2 unspecified atom stereocenters. The van der Waals surface area contributed by atoms with Crippen molar-refractivity contribution in [3.8, 4) is 6.07 Å². The fourth-order valence-electron chi connectivity index (χ4n) is 4.30. The van der Waals surface area contributed by atoms with E-state index in [1.807, 2.05) is 12.1 Å². The molecule has 0 saturated carbocycles. The quantitative estimate of drug-likeness (QED) is 0.731. The number of anilines is 2. The Bertz CT molecular complexity index is 1050. The number of carbonyl (C=O) groups is 2. The number of rotatable bonds is 3. The lowest BCUT2D eigenvalue weighted by Crippen LogP contribution is -2.36. The van der Waals surface area contributed by atoms with Gasteiger partial charge in [-0.25, -0.2) is 4.98 Å². The molecule has 2 aliphatic rings. The molecule has 0 radical (unpaired) electrons. The van der Waals surface area contributed by atoms with Crippen molar-refractivity contribution >= 4 is 23.2 Å². The van der Waals surface area contributed by atoms with Crippen LogP contribution in [0.5, 0.6) is 0 Å². The number of benzene rings is 1. The smallest absolute Gasteiger partial charge is 0.241 e. The second-order valence-electron chi connectivity index (χ2n) is 9.32. The Morgan fingerprint density at radius 2 is 2.13 bits per heavy atom. The Morgan fingerprint density at radius 1 is 1.33 bits per heavy atom. The van der Waals surface area contributed by atoms with Gasteiger partial charge in [0.15, 0.2) is 0 Å². The first-order valence-corrected chi connectivity index (χ1v) is 10.1. The highest BCUT2D eigenvalue weighted by molar-refractivity contribution is 6.08. The number of amides is 2. The van der Waals surface area contributed by atoms with Crippen LogP contribution in [0.2, 0.25) is 0 Å².